The molecule has 0 radical (unpaired) electrons. The first-order valence-corrected chi connectivity index (χ1v) is 12.3. The SMILES string of the molecule is COc1cccc(-n2c(=O)c(C3=Nc4ccc(N)cc4N(C)C3)c(N)n(Cc3c(F)cccc3C(F)(F)F)c2=O)c1F. The molecule has 5 rings (SSSR count). The number of likely N-dealkylation sites (N-methyl/N-ethyl adjacent to an activating group) is 1. The van der Waals surface area contributed by atoms with Crippen molar-refractivity contribution in [3.05, 3.63) is 104 Å². The number of methoxy groups -OCH3 is 1. The lowest BCUT2D eigenvalue weighted by molar-refractivity contribution is -0.138. The Labute approximate surface area is 234 Å². The molecule has 4 N–H and O–H groups in total. The van der Waals surface area contributed by atoms with Crippen molar-refractivity contribution >= 4 is 28.6 Å². The van der Waals surface area contributed by atoms with Gasteiger partial charge in [0, 0.05) is 18.3 Å². The van der Waals surface area contributed by atoms with Gasteiger partial charge in [-0.1, -0.05) is 12.1 Å². The Morgan fingerprint density at radius 1 is 1.00 bits per heavy atom. The molecule has 218 valence electrons. The molecule has 42 heavy (non-hydrogen) atoms. The van der Waals surface area contributed by atoms with Gasteiger partial charge >= 0.3 is 11.9 Å². The van der Waals surface area contributed by atoms with Gasteiger partial charge in [-0.2, -0.15) is 13.2 Å². The molecular formula is C28H23F5N6O3. The molecule has 9 nitrogen and oxygen atoms in total. The van der Waals surface area contributed by atoms with Gasteiger partial charge in [0.2, 0.25) is 0 Å². The average molecular weight is 587 g/mol. The van der Waals surface area contributed by atoms with E-state index in [0.717, 1.165) is 18.2 Å². The summed E-state index contributed by atoms with van der Waals surface area (Å²) in [5.41, 5.74) is 8.12. The van der Waals surface area contributed by atoms with Gasteiger partial charge in [-0.25, -0.2) is 23.1 Å². The molecule has 3 aromatic carbocycles. The predicted molar refractivity (Wildman–Crippen MR) is 148 cm³/mol. The molecule has 4 aromatic rings. The van der Waals surface area contributed by atoms with Gasteiger partial charge in [0.05, 0.1) is 48.5 Å². The Bertz CT molecular complexity index is 1880. The number of aromatic nitrogens is 2. The van der Waals surface area contributed by atoms with Gasteiger partial charge in [-0.05, 0) is 42.5 Å². The quantitative estimate of drug-likeness (QED) is 0.269. The summed E-state index contributed by atoms with van der Waals surface area (Å²) in [5, 5.41) is 0. The number of hydrogen-bond acceptors (Lipinski definition) is 7. The maximum atomic E-state index is 15.4. The van der Waals surface area contributed by atoms with E-state index in [1.165, 1.54) is 19.2 Å². The number of nitrogen functional groups attached to an aromatic ring is 2. The first-order chi connectivity index (χ1) is 19.8. The molecule has 0 spiro atoms. The summed E-state index contributed by atoms with van der Waals surface area (Å²) in [6.45, 7) is -1.07. The Hall–Kier alpha value is -5.14. The van der Waals surface area contributed by atoms with Crippen LogP contribution in [0, 0.1) is 11.6 Å². The maximum absolute atomic E-state index is 15.4. The number of halogens is 5. The highest BCUT2D eigenvalue weighted by molar-refractivity contribution is 6.10. The van der Waals surface area contributed by atoms with Crippen molar-refractivity contribution in [3.8, 4) is 11.4 Å². The molecule has 0 fully saturated rings. The first kappa shape index (κ1) is 28.4. The van der Waals surface area contributed by atoms with Crippen LogP contribution < -0.4 is 32.4 Å². The molecule has 2 heterocycles. The second-order valence-electron chi connectivity index (χ2n) is 9.49. The van der Waals surface area contributed by atoms with E-state index in [2.05, 4.69) is 4.99 Å². The van der Waals surface area contributed by atoms with Crippen LogP contribution in [0.4, 0.5) is 44.8 Å². The second kappa shape index (κ2) is 10.4. The summed E-state index contributed by atoms with van der Waals surface area (Å²) < 4.78 is 77.7. The van der Waals surface area contributed by atoms with Gasteiger partial charge in [-0.15, -0.1) is 0 Å². The van der Waals surface area contributed by atoms with Gasteiger partial charge in [-0.3, -0.25) is 9.36 Å². The zero-order valence-electron chi connectivity index (χ0n) is 22.2. The molecule has 14 heteroatoms. The summed E-state index contributed by atoms with van der Waals surface area (Å²) in [5.74, 6) is -3.23. The van der Waals surface area contributed by atoms with E-state index in [1.807, 2.05) is 0 Å². The number of anilines is 3. The average Bonchev–Trinajstić information content (AvgIpc) is 2.92. The fraction of sp³-hybridized carbons (Fsp3) is 0.179. The monoisotopic (exact) mass is 586 g/mol. The number of ether oxygens (including phenoxy) is 1. The summed E-state index contributed by atoms with van der Waals surface area (Å²) >= 11 is 0. The van der Waals surface area contributed by atoms with Crippen molar-refractivity contribution in [3.63, 3.8) is 0 Å². The molecule has 1 aliphatic heterocycles. The van der Waals surface area contributed by atoms with E-state index in [1.54, 1.807) is 30.1 Å². The van der Waals surface area contributed by atoms with Crippen LogP contribution in [0.25, 0.3) is 5.69 Å². The molecule has 0 bridgehead atoms. The smallest absolute Gasteiger partial charge is 0.416 e. The molecular weight excluding hydrogens is 563 g/mol. The fourth-order valence-electron chi connectivity index (χ4n) is 4.84. The maximum Gasteiger partial charge on any atom is 0.416 e. The van der Waals surface area contributed by atoms with E-state index in [9.17, 15) is 27.2 Å². The fourth-order valence-corrected chi connectivity index (χ4v) is 4.84. The third-order valence-electron chi connectivity index (χ3n) is 6.87. The Morgan fingerprint density at radius 2 is 1.71 bits per heavy atom. The van der Waals surface area contributed by atoms with Crippen LogP contribution in [0.2, 0.25) is 0 Å². The van der Waals surface area contributed by atoms with E-state index < -0.39 is 58.2 Å². The molecule has 0 saturated carbocycles. The number of alkyl halides is 3. The van der Waals surface area contributed by atoms with Crippen LogP contribution in [0.3, 0.4) is 0 Å². The van der Waals surface area contributed by atoms with Gasteiger partial charge < -0.3 is 21.1 Å². The van der Waals surface area contributed by atoms with Gasteiger partial charge in [0.25, 0.3) is 5.56 Å². The van der Waals surface area contributed by atoms with Crippen LogP contribution in [0.1, 0.15) is 16.7 Å². The van der Waals surface area contributed by atoms with Crippen LogP contribution in [0.5, 0.6) is 5.75 Å². The standard InChI is InChI=1S/C28H23F5N6O3/c1-37-13-19(36-18-10-9-14(34)11-21(18)37)23-25(35)38(12-15-16(28(31,32)33)5-3-6-17(15)29)27(41)39(26(23)40)20-7-4-8-22(42-2)24(20)30/h3-11H,12-13,34-35H2,1-2H3. The first-order valence-electron chi connectivity index (χ1n) is 12.3. The summed E-state index contributed by atoms with van der Waals surface area (Å²) in [7, 11) is 2.85. The normalized spacial score (nSPS) is 13.1. The van der Waals surface area contributed by atoms with Crippen molar-refractivity contribution in [1.82, 2.24) is 9.13 Å². The van der Waals surface area contributed by atoms with Crippen LogP contribution in [-0.4, -0.2) is 35.5 Å². The largest absolute Gasteiger partial charge is 0.494 e. The number of benzene rings is 3. The molecule has 0 amide bonds. The number of nitrogens with zero attached hydrogens (tertiary/aromatic N) is 4. The zero-order chi connectivity index (χ0) is 30.5. The minimum atomic E-state index is -4.98. The molecule has 0 saturated heterocycles. The highest BCUT2D eigenvalue weighted by Gasteiger charge is 2.35. The molecule has 0 aliphatic carbocycles. The molecule has 1 aromatic heterocycles. The zero-order valence-corrected chi connectivity index (χ0v) is 22.2. The Balaban J connectivity index is 1.84. The van der Waals surface area contributed by atoms with Crippen molar-refractivity contribution in [2.24, 2.45) is 4.99 Å². The summed E-state index contributed by atoms with van der Waals surface area (Å²) in [6.07, 6.45) is -4.98. The van der Waals surface area contributed by atoms with Crippen LogP contribution in [-0.2, 0) is 12.7 Å². The van der Waals surface area contributed by atoms with E-state index in [4.69, 9.17) is 16.2 Å². The van der Waals surface area contributed by atoms with E-state index >= 15 is 4.39 Å². The number of fused-ring (bicyclic) bond motifs is 1. The Morgan fingerprint density at radius 3 is 2.40 bits per heavy atom. The van der Waals surface area contributed by atoms with Crippen LogP contribution >= 0.6 is 0 Å². The minimum absolute atomic E-state index is 0.0349. The van der Waals surface area contributed by atoms with Crippen LogP contribution in [0.15, 0.2) is 69.2 Å². The molecule has 1 aliphatic rings. The van der Waals surface area contributed by atoms with Crippen molar-refractivity contribution in [1.29, 1.82) is 0 Å². The minimum Gasteiger partial charge on any atom is -0.494 e. The number of aliphatic imine (C=N–C) groups is 1. The van der Waals surface area contributed by atoms with Gasteiger partial charge in [0.1, 0.15) is 17.2 Å². The Kier molecular flexibility index (Phi) is 7.00. The van der Waals surface area contributed by atoms with Crippen molar-refractivity contribution < 1.29 is 26.7 Å². The second-order valence-corrected chi connectivity index (χ2v) is 9.49. The lowest BCUT2D eigenvalue weighted by Gasteiger charge is -2.28. The number of hydrogen-bond donors (Lipinski definition) is 2. The topological polar surface area (TPSA) is 121 Å². The highest BCUT2D eigenvalue weighted by Crippen LogP contribution is 2.36. The third kappa shape index (κ3) is 4.74. The predicted octanol–water partition coefficient (Wildman–Crippen LogP) is 4.09. The number of nitrogens with two attached hydrogens (primary N) is 2. The molecule has 0 unspecified atom stereocenters. The molecule has 0 atom stereocenters. The highest BCUT2D eigenvalue weighted by atomic mass is 19.4. The lowest BCUT2D eigenvalue weighted by Crippen LogP contribution is -2.45. The summed E-state index contributed by atoms with van der Waals surface area (Å²) in [6, 6.07) is 10.8. The third-order valence-corrected chi connectivity index (χ3v) is 6.87. The van der Waals surface area contributed by atoms with Gasteiger partial charge in [0.15, 0.2) is 11.6 Å². The summed E-state index contributed by atoms with van der Waals surface area (Å²) in [4.78, 5) is 33.9. The van der Waals surface area contributed by atoms with E-state index in [0.29, 0.717) is 32.3 Å². The lowest BCUT2D eigenvalue weighted by atomic mass is 10.1. The van der Waals surface area contributed by atoms with E-state index in [-0.39, 0.29) is 23.6 Å². The number of rotatable bonds is 5. The van der Waals surface area contributed by atoms with Crippen molar-refractivity contribution in [2.75, 3.05) is 37.1 Å². The van der Waals surface area contributed by atoms with Crippen molar-refractivity contribution in [2.45, 2.75) is 12.7 Å².